The highest BCUT2D eigenvalue weighted by atomic mass is 79.9. The number of nitro benzene ring substituents is 1. The summed E-state index contributed by atoms with van der Waals surface area (Å²) in [5, 5.41) is 12.1. The van der Waals surface area contributed by atoms with Gasteiger partial charge >= 0.3 is 0 Å². The maximum Gasteiger partial charge on any atom is 0.283 e. The summed E-state index contributed by atoms with van der Waals surface area (Å²) in [5.41, 5.74) is -0.235. The molecule has 1 heterocycles. The molecule has 1 aromatic carbocycles. The highest BCUT2D eigenvalue weighted by molar-refractivity contribution is 9.09. The van der Waals surface area contributed by atoms with Gasteiger partial charge < -0.3 is 4.90 Å². The molecule has 1 fully saturated rings. The molecule has 0 bridgehead atoms. The maximum atomic E-state index is 12.5. The van der Waals surface area contributed by atoms with Gasteiger partial charge in [-0.2, -0.15) is 0 Å². The van der Waals surface area contributed by atoms with E-state index in [1.165, 1.54) is 18.2 Å². The molecule has 0 unspecified atom stereocenters. The van der Waals surface area contributed by atoms with E-state index in [9.17, 15) is 14.9 Å². The lowest BCUT2D eigenvalue weighted by Gasteiger charge is -2.31. The number of carbonyl (C=O) groups excluding carboxylic acids is 1. The van der Waals surface area contributed by atoms with Crippen molar-refractivity contribution < 1.29 is 9.72 Å². The lowest BCUT2D eigenvalue weighted by atomic mass is 9.98. The molecule has 2 rings (SSSR count). The second kappa shape index (κ2) is 6.54. The van der Waals surface area contributed by atoms with Crippen LogP contribution in [0.25, 0.3) is 0 Å². The molecule has 1 amide bonds. The predicted molar refractivity (Wildman–Crippen MR) is 80.5 cm³/mol. The molecule has 1 saturated heterocycles. The van der Waals surface area contributed by atoms with Crippen molar-refractivity contribution in [3.8, 4) is 0 Å². The van der Waals surface area contributed by atoms with E-state index in [0.717, 1.165) is 18.2 Å². The number of carbonyl (C=O) groups is 1. The van der Waals surface area contributed by atoms with Crippen LogP contribution in [0.2, 0.25) is 5.02 Å². The van der Waals surface area contributed by atoms with Gasteiger partial charge in [0.2, 0.25) is 0 Å². The van der Waals surface area contributed by atoms with Crippen LogP contribution in [0.4, 0.5) is 5.69 Å². The number of nitrogens with zero attached hydrogens (tertiary/aromatic N) is 2. The van der Waals surface area contributed by atoms with Crippen LogP contribution in [-0.2, 0) is 0 Å². The fraction of sp³-hybridized carbons (Fsp3) is 0.462. The van der Waals surface area contributed by atoms with Crippen LogP contribution in [-0.4, -0.2) is 34.2 Å². The molecule has 20 heavy (non-hydrogen) atoms. The van der Waals surface area contributed by atoms with Gasteiger partial charge in [-0.15, -0.1) is 0 Å². The summed E-state index contributed by atoms with van der Waals surface area (Å²) >= 11 is 9.43. The van der Waals surface area contributed by atoms with Crippen LogP contribution < -0.4 is 0 Å². The third-order valence-corrected chi connectivity index (χ3v) is 4.75. The van der Waals surface area contributed by atoms with Crippen molar-refractivity contribution in [3.05, 3.63) is 38.9 Å². The number of alkyl halides is 1. The van der Waals surface area contributed by atoms with Crippen LogP contribution in [0.1, 0.15) is 23.2 Å². The first kappa shape index (κ1) is 15.3. The van der Waals surface area contributed by atoms with Crippen molar-refractivity contribution in [1.82, 2.24) is 4.90 Å². The van der Waals surface area contributed by atoms with Crippen LogP contribution in [0.3, 0.4) is 0 Å². The summed E-state index contributed by atoms with van der Waals surface area (Å²) in [6, 6.07) is 4.30. The molecule has 5 nitrogen and oxygen atoms in total. The molecular weight excluding hydrogens is 348 g/mol. The standard InChI is InChI=1S/C13H14BrClN2O3/c14-8-9-4-6-16(7-5-9)13(18)12-10(15)2-1-3-11(12)17(19)20/h1-3,9H,4-8H2. The van der Waals surface area contributed by atoms with Crippen molar-refractivity contribution in [1.29, 1.82) is 0 Å². The van der Waals surface area contributed by atoms with Gasteiger partial charge in [0.05, 0.1) is 9.95 Å². The largest absolute Gasteiger partial charge is 0.338 e. The minimum Gasteiger partial charge on any atom is -0.338 e. The molecule has 0 radical (unpaired) electrons. The average molecular weight is 362 g/mol. The molecule has 0 aromatic heterocycles. The van der Waals surface area contributed by atoms with Crippen LogP contribution in [0, 0.1) is 16.0 Å². The lowest BCUT2D eigenvalue weighted by molar-refractivity contribution is -0.385. The zero-order valence-corrected chi connectivity index (χ0v) is 13.1. The number of hydrogen-bond donors (Lipinski definition) is 0. The van der Waals surface area contributed by atoms with Crippen molar-refractivity contribution in [2.45, 2.75) is 12.8 Å². The molecule has 0 atom stereocenters. The van der Waals surface area contributed by atoms with Gasteiger partial charge in [0.1, 0.15) is 5.56 Å². The van der Waals surface area contributed by atoms with Gasteiger partial charge in [-0.05, 0) is 24.8 Å². The number of amides is 1. The number of piperidine rings is 1. The summed E-state index contributed by atoms with van der Waals surface area (Å²) in [5.74, 6) is 0.204. The minimum absolute atomic E-state index is 0.00328. The van der Waals surface area contributed by atoms with Crippen molar-refractivity contribution in [2.24, 2.45) is 5.92 Å². The zero-order valence-electron chi connectivity index (χ0n) is 10.7. The Bertz CT molecular complexity index is 530. The molecule has 0 saturated carbocycles. The quantitative estimate of drug-likeness (QED) is 0.470. The fourth-order valence-electron chi connectivity index (χ4n) is 2.33. The Balaban J connectivity index is 2.24. The number of nitro groups is 1. The number of benzene rings is 1. The normalized spacial score (nSPS) is 16.2. The Morgan fingerprint density at radius 3 is 2.65 bits per heavy atom. The Morgan fingerprint density at radius 1 is 1.45 bits per heavy atom. The summed E-state index contributed by atoms with van der Waals surface area (Å²) in [7, 11) is 0. The van der Waals surface area contributed by atoms with E-state index in [0.29, 0.717) is 19.0 Å². The first-order valence-corrected chi connectivity index (χ1v) is 7.82. The van der Waals surface area contributed by atoms with Gasteiger partial charge in [0.15, 0.2) is 0 Å². The minimum atomic E-state index is -0.565. The summed E-state index contributed by atoms with van der Waals surface area (Å²) in [6.45, 7) is 1.22. The van der Waals surface area contributed by atoms with E-state index in [1.54, 1.807) is 4.90 Å². The van der Waals surface area contributed by atoms with E-state index < -0.39 is 4.92 Å². The highest BCUT2D eigenvalue weighted by Gasteiger charge is 2.29. The molecule has 0 N–H and O–H groups in total. The number of hydrogen-bond acceptors (Lipinski definition) is 3. The van der Waals surface area contributed by atoms with Gasteiger partial charge in [-0.3, -0.25) is 14.9 Å². The average Bonchev–Trinajstić information content (AvgIpc) is 2.46. The van der Waals surface area contributed by atoms with E-state index in [1.807, 2.05) is 0 Å². The zero-order chi connectivity index (χ0) is 14.7. The number of halogens is 2. The van der Waals surface area contributed by atoms with E-state index in [4.69, 9.17) is 11.6 Å². The Morgan fingerprint density at radius 2 is 2.10 bits per heavy atom. The molecule has 0 aliphatic carbocycles. The first-order chi connectivity index (χ1) is 9.54. The summed E-state index contributed by atoms with van der Waals surface area (Å²) < 4.78 is 0. The molecule has 0 spiro atoms. The fourth-order valence-corrected chi connectivity index (χ4v) is 3.22. The lowest BCUT2D eigenvalue weighted by Crippen LogP contribution is -2.39. The third-order valence-electron chi connectivity index (χ3n) is 3.52. The van der Waals surface area contributed by atoms with Crippen molar-refractivity contribution in [3.63, 3.8) is 0 Å². The molecule has 1 aromatic rings. The van der Waals surface area contributed by atoms with E-state index in [2.05, 4.69) is 15.9 Å². The van der Waals surface area contributed by atoms with Crippen LogP contribution >= 0.6 is 27.5 Å². The van der Waals surface area contributed by atoms with Gasteiger partial charge in [-0.1, -0.05) is 33.6 Å². The molecule has 1 aliphatic rings. The summed E-state index contributed by atoms with van der Waals surface area (Å²) in [4.78, 5) is 24.6. The second-order valence-corrected chi connectivity index (χ2v) is 5.84. The number of likely N-dealkylation sites (tertiary alicyclic amines) is 1. The van der Waals surface area contributed by atoms with Crippen LogP contribution in [0.15, 0.2) is 18.2 Å². The van der Waals surface area contributed by atoms with Crippen molar-refractivity contribution in [2.75, 3.05) is 18.4 Å². The number of rotatable bonds is 3. The predicted octanol–water partition coefficient (Wildman–Crippen LogP) is 3.50. The van der Waals surface area contributed by atoms with Gasteiger partial charge in [-0.25, -0.2) is 0 Å². The van der Waals surface area contributed by atoms with Crippen LogP contribution in [0.5, 0.6) is 0 Å². The molecule has 1 aliphatic heterocycles. The SMILES string of the molecule is O=C(c1c(Cl)cccc1[N+](=O)[O-])N1CCC(CBr)CC1. The monoisotopic (exact) mass is 360 g/mol. The topological polar surface area (TPSA) is 63.4 Å². The third kappa shape index (κ3) is 3.12. The smallest absolute Gasteiger partial charge is 0.283 e. The second-order valence-electron chi connectivity index (χ2n) is 4.78. The van der Waals surface area contributed by atoms with E-state index >= 15 is 0 Å². The van der Waals surface area contributed by atoms with Crippen molar-refractivity contribution >= 4 is 39.1 Å². The van der Waals surface area contributed by atoms with Gasteiger partial charge in [0.25, 0.3) is 11.6 Å². The summed E-state index contributed by atoms with van der Waals surface area (Å²) in [6.07, 6.45) is 1.80. The van der Waals surface area contributed by atoms with E-state index in [-0.39, 0.29) is 22.2 Å². The molecule has 108 valence electrons. The molecular formula is C13H14BrClN2O3. The highest BCUT2D eigenvalue weighted by Crippen LogP contribution is 2.29. The Labute approximate surface area is 130 Å². The van der Waals surface area contributed by atoms with Gasteiger partial charge in [0, 0.05) is 24.5 Å². The first-order valence-electron chi connectivity index (χ1n) is 6.32. The molecule has 7 heteroatoms. The Kier molecular flexibility index (Phi) is 4.99. The Hall–Kier alpha value is -1.14. The maximum absolute atomic E-state index is 12.5.